The number of amides is 3. The molecule has 1 heterocycles. The zero-order valence-corrected chi connectivity index (χ0v) is 9.37. The average Bonchev–Trinajstić information content (AvgIpc) is 2.43. The Morgan fingerprint density at radius 1 is 1.40 bits per heavy atom. The van der Waals surface area contributed by atoms with Crippen LogP contribution in [0.15, 0.2) is 0 Å². The molecule has 86 valence electrons. The summed E-state index contributed by atoms with van der Waals surface area (Å²) in [5.41, 5.74) is 0. The number of carbonyl (C=O) groups is 2. The molecule has 0 atom stereocenters. The Labute approximate surface area is 88.1 Å². The van der Waals surface area contributed by atoms with Gasteiger partial charge in [-0.05, 0) is 0 Å². The van der Waals surface area contributed by atoms with E-state index in [-0.39, 0.29) is 18.8 Å². The van der Waals surface area contributed by atoms with Crippen molar-refractivity contribution in [3.63, 3.8) is 0 Å². The third-order valence-electron chi connectivity index (χ3n) is 2.07. The molecule has 1 saturated heterocycles. The van der Waals surface area contributed by atoms with Gasteiger partial charge in [-0.2, -0.15) is 0 Å². The molecule has 0 aromatic carbocycles. The van der Waals surface area contributed by atoms with Crippen LogP contribution in [0.4, 0.5) is 4.79 Å². The van der Waals surface area contributed by atoms with Crippen LogP contribution >= 0.6 is 0 Å². The maximum Gasteiger partial charge on any atom is 0.324 e. The minimum Gasteiger partial charge on any atom is -0.329 e. The fourth-order valence-corrected chi connectivity index (χ4v) is 1.85. The maximum absolute atomic E-state index is 11.4. The summed E-state index contributed by atoms with van der Waals surface area (Å²) in [5.74, 6) is -0.645. The summed E-state index contributed by atoms with van der Waals surface area (Å²) in [6, 6.07) is -0.533. The highest BCUT2D eigenvalue weighted by atomic mass is 32.2. The molecule has 1 aliphatic rings. The molecule has 1 rings (SSSR count). The monoisotopic (exact) mass is 235 g/mol. The van der Waals surface area contributed by atoms with Crippen molar-refractivity contribution in [2.24, 2.45) is 0 Å². The first kappa shape index (κ1) is 11.9. The number of carbonyl (C=O) groups excluding carboxylic acids is 2. The minimum atomic E-state index is -3.37. The molecule has 8 heteroatoms. The summed E-state index contributed by atoms with van der Waals surface area (Å²) in [7, 11) is -0.565. The van der Waals surface area contributed by atoms with Crippen LogP contribution in [0, 0.1) is 0 Å². The van der Waals surface area contributed by atoms with Crippen molar-refractivity contribution in [2.45, 2.75) is 0 Å². The highest BCUT2D eigenvalue weighted by Gasteiger charge is 2.29. The molecule has 1 fully saturated rings. The van der Waals surface area contributed by atoms with Crippen LogP contribution in [0.2, 0.25) is 0 Å². The van der Waals surface area contributed by atoms with Gasteiger partial charge in [-0.3, -0.25) is 9.69 Å². The average molecular weight is 235 g/mol. The van der Waals surface area contributed by atoms with E-state index in [1.807, 2.05) is 0 Å². The second-order valence-corrected chi connectivity index (χ2v) is 5.60. The van der Waals surface area contributed by atoms with Gasteiger partial charge < -0.3 is 5.32 Å². The topological polar surface area (TPSA) is 86.8 Å². The number of hydrogen-bond acceptors (Lipinski definition) is 4. The number of urea groups is 1. The maximum atomic E-state index is 11.4. The fourth-order valence-electron chi connectivity index (χ4n) is 1.07. The molecule has 0 radical (unpaired) electrons. The molecule has 3 amide bonds. The molecule has 0 unspecified atom stereocenters. The molecule has 0 saturated carbocycles. The smallest absolute Gasteiger partial charge is 0.324 e. The van der Waals surface area contributed by atoms with E-state index in [9.17, 15) is 18.0 Å². The Balaban J connectivity index is 2.58. The van der Waals surface area contributed by atoms with Crippen LogP contribution in [0.5, 0.6) is 0 Å². The lowest BCUT2D eigenvalue weighted by Gasteiger charge is -2.15. The highest BCUT2D eigenvalue weighted by Crippen LogP contribution is 2.01. The van der Waals surface area contributed by atoms with Crippen LogP contribution in [-0.2, 0) is 14.8 Å². The van der Waals surface area contributed by atoms with E-state index in [0.717, 1.165) is 9.21 Å². The zero-order chi connectivity index (χ0) is 11.6. The molecule has 0 bridgehead atoms. The summed E-state index contributed by atoms with van der Waals surface area (Å²) in [6.45, 7) is -0.161. The van der Waals surface area contributed by atoms with Crippen LogP contribution in [0.1, 0.15) is 0 Å². The minimum absolute atomic E-state index is 0.0547. The third-order valence-corrected chi connectivity index (χ3v) is 3.88. The summed E-state index contributed by atoms with van der Waals surface area (Å²) in [4.78, 5) is 23.1. The third kappa shape index (κ3) is 2.66. The second kappa shape index (κ2) is 4.15. The molecule has 15 heavy (non-hydrogen) atoms. The Morgan fingerprint density at radius 3 is 2.40 bits per heavy atom. The van der Waals surface area contributed by atoms with Crippen molar-refractivity contribution in [3.05, 3.63) is 0 Å². The van der Waals surface area contributed by atoms with Crippen molar-refractivity contribution in [3.8, 4) is 0 Å². The second-order valence-electron chi connectivity index (χ2n) is 3.30. The van der Waals surface area contributed by atoms with Crippen LogP contribution in [0.25, 0.3) is 0 Å². The number of nitrogens with zero attached hydrogens (tertiary/aromatic N) is 2. The van der Waals surface area contributed by atoms with Gasteiger partial charge in [-0.1, -0.05) is 0 Å². The van der Waals surface area contributed by atoms with Crippen molar-refractivity contribution in [2.75, 3.05) is 32.9 Å². The molecule has 0 aromatic rings. The molecular weight excluding hydrogens is 222 g/mol. The Hall–Kier alpha value is -1.15. The van der Waals surface area contributed by atoms with E-state index >= 15 is 0 Å². The predicted octanol–water partition coefficient (Wildman–Crippen LogP) is -1.57. The number of sulfonamides is 1. The molecular formula is C7H13N3O4S. The first-order chi connectivity index (χ1) is 6.84. The number of hydrogen-bond donors (Lipinski definition) is 1. The van der Waals surface area contributed by atoms with E-state index in [0.29, 0.717) is 0 Å². The predicted molar refractivity (Wildman–Crippen MR) is 52.6 cm³/mol. The summed E-state index contributed by atoms with van der Waals surface area (Å²) in [5, 5.41) is 2.31. The zero-order valence-electron chi connectivity index (χ0n) is 8.56. The molecule has 0 aromatic heterocycles. The summed E-state index contributed by atoms with van der Waals surface area (Å²) >= 11 is 0. The van der Waals surface area contributed by atoms with E-state index in [2.05, 4.69) is 5.32 Å². The molecule has 0 aliphatic carbocycles. The van der Waals surface area contributed by atoms with E-state index in [1.54, 1.807) is 0 Å². The van der Waals surface area contributed by atoms with E-state index < -0.39 is 22.0 Å². The van der Waals surface area contributed by atoms with Crippen LogP contribution in [0.3, 0.4) is 0 Å². The van der Waals surface area contributed by atoms with Gasteiger partial charge in [0.2, 0.25) is 15.9 Å². The van der Waals surface area contributed by atoms with Crippen LogP contribution in [-0.4, -0.2) is 62.5 Å². The number of rotatable bonds is 4. The van der Waals surface area contributed by atoms with E-state index in [1.165, 1.54) is 14.1 Å². The largest absolute Gasteiger partial charge is 0.329 e. The Bertz CT molecular complexity index is 360. The highest BCUT2D eigenvalue weighted by molar-refractivity contribution is 7.89. The molecule has 1 aliphatic heterocycles. The van der Waals surface area contributed by atoms with Crippen molar-refractivity contribution in [1.29, 1.82) is 0 Å². The standard InChI is InChI=1S/C7H13N3O4S/c1-9(2)15(13,14)4-3-10-6(11)5-8-7(10)12/h3-5H2,1-2H3,(H,8,12). The Morgan fingerprint density at radius 2 is 2.00 bits per heavy atom. The van der Waals surface area contributed by atoms with Gasteiger partial charge in [0.05, 0.1) is 12.3 Å². The molecule has 1 N–H and O–H groups in total. The quantitative estimate of drug-likeness (QED) is 0.596. The van der Waals surface area contributed by atoms with Gasteiger partial charge >= 0.3 is 6.03 Å². The van der Waals surface area contributed by atoms with Crippen LogP contribution < -0.4 is 5.32 Å². The molecule has 7 nitrogen and oxygen atoms in total. The summed E-state index contributed by atoms with van der Waals surface area (Å²) < 4.78 is 23.8. The van der Waals surface area contributed by atoms with E-state index in [4.69, 9.17) is 0 Å². The van der Waals surface area contributed by atoms with Crippen molar-refractivity contribution >= 4 is 22.0 Å². The van der Waals surface area contributed by atoms with Gasteiger partial charge in [0.1, 0.15) is 0 Å². The first-order valence-corrected chi connectivity index (χ1v) is 5.94. The van der Waals surface area contributed by atoms with Gasteiger partial charge in [0.25, 0.3) is 0 Å². The normalized spacial score (nSPS) is 17.4. The van der Waals surface area contributed by atoms with Gasteiger partial charge in [-0.25, -0.2) is 17.5 Å². The van der Waals surface area contributed by atoms with Gasteiger partial charge in [-0.15, -0.1) is 0 Å². The Kier molecular flexibility index (Phi) is 3.30. The lowest BCUT2D eigenvalue weighted by atomic mass is 10.5. The summed E-state index contributed by atoms with van der Waals surface area (Å²) in [6.07, 6.45) is 0. The lowest BCUT2D eigenvalue weighted by Crippen LogP contribution is -2.37. The first-order valence-electron chi connectivity index (χ1n) is 4.33. The van der Waals surface area contributed by atoms with Gasteiger partial charge in [0, 0.05) is 20.6 Å². The van der Waals surface area contributed by atoms with Crippen molar-refractivity contribution < 1.29 is 18.0 Å². The lowest BCUT2D eigenvalue weighted by molar-refractivity contribution is -0.124. The number of nitrogens with one attached hydrogen (secondary N) is 1. The fraction of sp³-hybridized carbons (Fsp3) is 0.714. The number of imide groups is 1. The van der Waals surface area contributed by atoms with Crippen molar-refractivity contribution in [1.82, 2.24) is 14.5 Å². The SMILES string of the molecule is CN(C)S(=O)(=O)CCN1C(=O)CNC1=O. The molecule has 0 spiro atoms. The van der Waals surface area contributed by atoms with Gasteiger partial charge in [0.15, 0.2) is 0 Å².